The maximum atomic E-state index is 10.2. The smallest absolute Gasteiger partial charge is 0.435 e. The highest BCUT2D eigenvalue weighted by Crippen LogP contribution is 2.48. The topological polar surface area (TPSA) is 91.3 Å². The standard InChI is InChI=1S/C21H22NO4.FHO3S/c1-22-7-6-14-9-19-20(26-12-25-19)10-15(14)17(22)8-13-4-5-18(23-2)21(24-3)16(13)11-22;1-5(2,3)4/h4-5,8-10H,6-7,11-12H2,1-3H3;(H,2,3,4)/q+1;. The molecule has 2 aromatic rings. The van der Waals surface area contributed by atoms with Crippen LogP contribution >= 0.6 is 0 Å². The number of likely N-dealkylation sites (N-methyl/N-ethyl adjacent to an activating group) is 1. The largest absolute Gasteiger partial charge is 0.493 e. The quantitative estimate of drug-likeness (QED) is 0.425. The second-order valence-electron chi connectivity index (χ2n) is 7.70. The van der Waals surface area contributed by atoms with Crippen LogP contribution in [0.25, 0.3) is 11.8 Å². The van der Waals surface area contributed by atoms with Crippen LogP contribution in [0, 0.1) is 0 Å². The zero-order valence-electron chi connectivity index (χ0n) is 17.3. The SMILES string of the molecule is COc1ccc2c(c1OC)C[N+]1(C)CCc3cc4c(cc3C1=C2)OCO4.O=S(=O)(O)F. The molecular formula is C21H23FNO7S+. The monoisotopic (exact) mass is 452 g/mol. The molecule has 0 aromatic heterocycles. The van der Waals surface area contributed by atoms with Crippen LogP contribution in [0.15, 0.2) is 24.3 Å². The van der Waals surface area contributed by atoms with Gasteiger partial charge < -0.3 is 18.9 Å². The van der Waals surface area contributed by atoms with Crippen LogP contribution in [-0.2, 0) is 23.5 Å². The second-order valence-corrected chi connectivity index (χ2v) is 8.52. The first kappa shape index (κ1) is 21.4. The third kappa shape index (κ3) is 4.06. The molecule has 0 spiro atoms. The van der Waals surface area contributed by atoms with E-state index in [-0.39, 0.29) is 0 Å². The van der Waals surface area contributed by atoms with Crippen molar-refractivity contribution in [3.8, 4) is 23.0 Å². The highest BCUT2D eigenvalue weighted by Gasteiger charge is 2.40. The van der Waals surface area contributed by atoms with Crippen LogP contribution in [-0.4, -0.2) is 52.1 Å². The maximum Gasteiger partial charge on any atom is 0.435 e. The van der Waals surface area contributed by atoms with Gasteiger partial charge in [-0.15, -0.1) is 0 Å². The van der Waals surface area contributed by atoms with Crippen molar-refractivity contribution < 1.29 is 40.3 Å². The molecule has 0 amide bonds. The van der Waals surface area contributed by atoms with E-state index in [0.29, 0.717) is 6.79 Å². The second kappa shape index (κ2) is 7.70. The Bertz CT molecular complexity index is 1170. The van der Waals surface area contributed by atoms with E-state index in [1.54, 1.807) is 14.2 Å². The molecular weight excluding hydrogens is 429 g/mol. The fraction of sp³-hybridized carbons (Fsp3) is 0.333. The summed E-state index contributed by atoms with van der Waals surface area (Å²) < 4.78 is 57.3. The van der Waals surface area contributed by atoms with E-state index in [9.17, 15) is 3.89 Å². The van der Waals surface area contributed by atoms with E-state index < -0.39 is 10.5 Å². The van der Waals surface area contributed by atoms with Gasteiger partial charge in [0.2, 0.25) is 6.79 Å². The first-order chi connectivity index (χ1) is 14.6. The fourth-order valence-corrected chi connectivity index (χ4v) is 4.41. The number of ether oxygens (including phenoxy) is 4. The Balaban J connectivity index is 0.000000418. The first-order valence-corrected chi connectivity index (χ1v) is 10.9. The lowest BCUT2D eigenvalue weighted by atomic mass is 9.88. The Kier molecular flexibility index (Phi) is 5.32. The number of quaternary nitrogens is 1. The van der Waals surface area contributed by atoms with Gasteiger partial charge in [-0.25, -0.2) is 0 Å². The number of hydrogen-bond acceptors (Lipinski definition) is 6. The summed E-state index contributed by atoms with van der Waals surface area (Å²) in [6, 6.07) is 8.39. The number of rotatable bonds is 2. The van der Waals surface area contributed by atoms with Crippen molar-refractivity contribution in [1.29, 1.82) is 0 Å². The Morgan fingerprint density at radius 2 is 1.81 bits per heavy atom. The molecule has 0 bridgehead atoms. The summed E-state index contributed by atoms with van der Waals surface area (Å²) in [7, 11) is 0.523. The van der Waals surface area contributed by atoms with Gasteiger partial charge in [-0.1, -0.05) is 9.95 Å². The fourth-order valence-electron chi connectivity index (χ4n) is 4.41. The van der Waals surface area contributed by atoms with Crippen molar-refractivity contribution in [2.75, 3.05) is 34.6 Å². The van der Waals surface area contributed by atoms with E-state index in [0.717, 1.165) is 47.0 Å². The predicted molar refractivity (Wildman–Crippen MR) is 111 cm³/mol. The van der Waals surface area contributed by atoms with Gasteiger partial charge in [0, 0.05) is 18.1 Å². The molecule has 1 N–H and O–H groups in total. The van der Waals surface area contributed by atoms with Gasteiger partial charge >= 0.3 is 10.5 Å². The zero-order chi connectivity index (χ0) is 22.4. The average molecular weight is 452 g/mol. The normalized spacial score (nSPS) is 20.4. The molecule has 0 radical (unpaired) electrons. The zero-order valence-corrected chi connectivity index (χ0v) is 18.2. The molecule has 0 saturated heterocycles. The molecule has 5 rings (SSSR count). The third-order valence-electron chi connectivity index (χ3n) is 5.81. The van der Waals surface area contributed by atoms with Gasteiger partial charge in [0.1, 0.15) is 12.2 Å². The van der Waals surface area contributed by atoms with Crippen LogP contribution in [0.4, 0.5) is 3.89 Å². The van der Waals surface area contributed by atoms with E-state index in [1.807, 2.05) is 6.07 Å². The molecule has 3 aliphatic heterocycles. The first-order valence-electron chi connectivity index (χ1n) is 9.53. The Morgan fingerprint density at radius 3 is 2.45 bits per heavy atom. The number of methoxy groups -OCH3 is 2. The Morgan fingerprint density at radius 1 is 1.13 bits per heavy atom. The summed E-state index contributed by atoms with van der Waals surface area (Å²) in [5.74, 6) is 3.34. The van der Waals surface area contributed by atoms with Crippen molar-refractivity contribution >= 4 is 22.3 Å². The van der Waals surface area contributed by atoms with Crippen molar-refractivity contribution in [2.24, 2.45) is 0 Å². The summed E-state index contributed by atoms with van der Waals surface area (Å²) in [6.45, 7) is 2.23. The Hall–Kier alpha value is -2.82. The van der Waals surface area contributed by atoms with Gasteiger partial charge in [0.15, 0.2) is 23.0 Å². The van der Waals surface area contributed by atoms with E-state index in [1.165, 1.54) is 28.0 Å². The number of benzene rings is 2. The van der Waals surface area contributed by atoms with Crippen LogP contribution in [0.2, 0.25) is 0 Å². The lowest BCUT2D eigenvalue weighted by Crippen LogP contribution is -2.47. The predicted octanol–water partition coefficient (Wildman–Crippen LogP) is 3.21. The molecule has 3 aliphatic rings. The third-order valence-corrected chi connectivity index (χ3v) is 5.81. The van der Waals surface area contributed by atoms with Gasteiger partial charge in [0.05, 0.1) is 33.4 Å². The minimum atomic E-state index is -5.17. The molecule has 2 aromatic carbocycles. The molecule has 1 unspecified atom stereocenters. The number of hydrogen-bond donors (Lipinski definition) is 1. The lowest BCUT2D eigenvalue weighted by Gasteiger charge is -2.43. The van der Waals surface area contributed by atoms with Crippen molar-refractivity contribution in [2.45, 2.75) is 13.0 Å². The van der Waals surface area contributed by atoms with Crippen LogP contribution in [0.1, 0.15) is 22.3 Å². The van der Waals surface area contributed by atoms with Crippen molar-refractivity contribution in [3.05, 3.63) is 46.5 Å². The van der Waals surface area contributed by atoms with Crippen LogP contribution in [0.5, 0.6) is 23.0 Å². The van der Waals surface area contributed by atoms with E-state index in [2.05, 4.69) is 31.3 Å². The molecule has 0 aliphatic carbocycles. The molecule has 10 heteroatoms. The molecule has 166 valence electrons. The van der Waals surface area contributed by atoms with Crippen LogP contribution in [0.3, 0.4) is 0 Å². The summed E-state index contributed by atoms with van der Waals surface area (Å²) in [6.07, 6.45) is 3.31. The van der Waals surface area contributed by atoms with Crippen molar-refractivity contribution in [1.82, 2.24) is 0 Å². The molecule has 0 fully saturated rings. The van der Waals surface area contributed by atoms with Crippen LogP contribution < -0.4 is 18.9 Å². The van der Waals surface area contributed by atoms with E-state index in [4.69, 9.17) is 31.9 Å². The molecule has 0 saturated carbocycles. The summed E-state index contributed by atoms with van der Waals surface area (Å²) in [5.41, 5.74) is 6.33. The number of halogens is 1. The minimum absolute atomic E-state index is 0.309. The molecule has 1 atom stereocenters. The highest BCUT2D eigenvalue weighted by molar-refractivity contribution is 7.80. The minimum Gasteiger partial charge on any atom is -0.493 e. The average Bonchev–Trinajstić information content (AvgIpc) is 3.16. The van der Waals surface area contributed by atoms with E-state index >= 15 is 0 Å². The molecule has 3 heterocycles. The Labute approximate surface area is 180 Å². The van der Waals surface area contributed by atoms with Gasteiger partial charge in [-0.05, 0) is 29.3 Å². The molecule has 31 heavy (non-hydrogen) atoms. The lowest BCUT2D eigenvalue weighted by molar-refractivity contribution is -0.854. The van der Waals surface area contributed by atoms with Gasteiger partial charge in [-0.3, -0.25) is 9.04 Å². The summed E-state index contributed by atoms with van der Waals surface area (Å²) in [4.78, 5) is 0. The van der Waals surface area contributed by atoms with Gasteiger partial charge in [-0.2, -0.15) is 8.42 Å². The molecule has 8 nitrogen and oxygen atoms in total. The van der Waals surface area contributed by atoms with Crippen molar-refractivity contribution in [3.63, 3.8) is 0 Å². The number of fused-ring (bicyclic) bond motifs is 5. The maximum absolute atomic E-state index is 10.2. The number of nitrogens with zero attached hydrogens (tertiary/aromatic N) is 1. The summed E-state index contributed by atoms with van der Waals surface area (Å²) >= 11 is 0. The van der Waals surface area contributed by atoms with Gasteiger partial charge in [0.25, 0.3) is 0 Å². The summed E-state index contributed by atoms with van der Waals surface area (Å²) in [5, 5.41) is 0. The highest BCUT2D eigenvalue weighted by atomic mass is 32.3.